The fraction of sp³-hybridized carbons (Fsp3) is 0.300. The summed E-state index contributed by atoms with van der Waals surface area (Å²) < 4.78 is 95.9. The second kappa shape index (κ2) is 13.2. The molecule has 0 saturated carbocycles. The number of nitrogens with one attached hydrogen (secondary N) is 1. The zero-order valence-electron chi connectivity index (χ0n) is 24.3. The summed E-state index contributed by atoms with van der Waals surface area (Å²) >= 11 is 6.07. The van der Waals surface area contributed by atoms with Crippen molar-refractivity contribution in [2.75, 3.05) is 56.6 Å². The highest BCUT2D eigenvalue weighted by atomic mass is 35.5. The van der Waals surface area contributed by atoms with Gasteiger partial charge in [0.15, 0.2) is 0 Å². The predicted molar refractivity (Wildman–Crippen MR) is 168 cm³/mol. The summed E-state index contributed by atoms with van der Waals surface area (Å²) in [6, 6.07) is 15.8. The van der Waals surface area contributed by atoms with Gasteiger partial charge in [-0.2, -0.15) is 13.2 Å². The summed E-state index contributed by atoms with van der Waals surface area (Å²) in [6.45, 7) is 5.01. The fourth-order valence-corrected chi connectivity index (χ4v) is 7.42. The van der Waals surface area contributed by atoms with Gasteiger partial charge >= 0.3 is 5.51 Å². The average Bonchev–Trinajstić information content (AvgIpc) is 3.01. The lowest BCUT2D eigenvalue weighted by Gasteiger charge is -2.37. The van der Waals surface area contributed by atoms with E-state index in [2.05, 4.69) is 9.80 Å². The Hall–Kier alpha value is -3.63. The molecule has 0 atom stereocenters. The molecule has 1 fully saturated rings. The van der Waals surface area contributed by atoms with Crippen LogP contribution in [0.25, 0.3) is 5.57 Å². The Morgan fingerprint density at radius 2 is 1.59 bits per heavy atom. The van der Waals surface area contributed by atoms with E-state index in [1.807, 2.05) is 24.3 Å². The number of ether oxygens (including phenoxy) is 1. The monoisotopic (exact) mass is 698 g/mol. The Morgan fingerprint density at radius 3 is 2.22 bits per heavy atom. The number of hydrogen-bond acceptors (Lipinski definition) is 9. The first-order valence-corrected chi connectivity index (χ1v) is 17.4. The number of benzene rings is 3. The summed E-state index contributed by atoms with van der Waals surface area (Å²) in [6.07, 6.45) is 0.832. The lowest BCUT2D eigenvalue weighted by Crippen LogP contribution is -2.47. The van der Waals surface area contributed by atoms with Crippen molar-refractivity contribution in [3.63, 3.8) is 0 Å². The lowest BCUT2D eigenvalue weighted by molar-refractivity contribution is -0.0435. The molecule has 2 aliphatic rings. The summed E-state index contributed by atoms with van der Waals surface area (Å²) in [5, 5.41) is 0.687. The lowest BCUT2D eigenvalue weighted by atomic mass is 9.95. The minimum atomic E-state index is -5.93. The number of alkyl halides is 3. The van der Waals surface area contributed by atoms with Crippen LogP contribution in [0.2, 0.25) is 5.02 Å². The number of rotatable bonds is 8. The molecule has 0 spiro atoms. The zero-order chi connectivity index (χ0) is 33.3. The first kappa shape index (κ1) is 33.7. The van der Waals surface area contributed by atoms with Crippen molar-refractivity contribution in [2.24, 2.45) is 0 Å². The first-order chi connectivity index (χ1) is 21.7. The van der Waals surface area contributed by atoms with Gasteiger partial charge in [0, 0.05) is 49.0 Å². The summed E-state index contributed by atoms with van der Waals surface area (Å²) in [5.74, 6) is -1.05. The number of carbonyl (C=O) groups excluding carboxylic acids is 1. The molecule has 3 aromatic rings. The van der Waals surface area contributed by atoms with Crippen molar-refractivity contribution in [1.29, 1.82) is 0 Å². The number of piperazine rings is 1. The minimum Gasteiger partial charge on any atom is -0.398 e. The van der Waals surface area contributed by atoms with Gasteiger partial charge < -0.3 is 15.4 Å². The molecule has 1 amide bonds. The third kappa shape index (κ3) is 7.33. The van der Waals surface area contributed by atoms with E-state index in [9.17, 15) is 34.8 Å². The standard InChI is InChI=1S/C30H30ClF3N4O6S2/c31-23-5-1-20(2-6-23)26-11-16-44-19-22(26)18-37-12-14-38(15-13-37)24-7-3-21(4-8-24)29(39)36-46(42,43)25-9-10-27(35)28(17-25)45(40,41)30(32,33)34/h1-10,17H,11-16,18-19,35H2,(H,36,39). The van der Waals surface area contributed by atoms with Gasteiger partial charge in [0.2, 0.25) is 0 Å². The fourth-order valence-electron chi connectivity index (χ4n) is 5.31. The molecule has 2 aliphatic heterocycles. The molecule has 0 aromatic heterocycles. The van der Waals surface area contributed by atoms with E-state index in [4.69, 9.17) is 22.1 Å². The van der Waals surface area contributed by atoms with Crippen LogP contribution < -0.4 is 15.4 Å². The van der Waals surface area contributed by atoms with Crippen LogP contribution in [-0.4, -0.2) is 79.1 Å². The van der Waals surface area contributed by atoms with Gasteiger partial charge in [-0.25, -0.2) is 21.6 Å². The number of amides is 1. The van der Waals surface area contributed by atoms with Crippen molar-refractivity contribution < 1.29 is 39.5 Å². The van der Waals surface area contributed by atoms with Crippen LogP contribution in [0.1, 0.15) is 22.3 Å². The largest absolute Gasteiger partial charge is 0.501 e. The van der Waals surface area contributed by atoms with Crippen LogP contribution in [0.5, 0.6) is 0 Å². The molecule has 0 bridgehead atoms. The number of nitrogens with two attached hydrogens (primary N) is 1. The number of halogens is 4. The zero-order valence-corrected chi connectivity index (χ0v) is 26.6. The molecular formula is C30H30ClF3N4O6S2. The van der Waals surface area contributed by atoms with Crippen LogP contribution in [0.3, 0.4) is 0 Å². The molecule has 5 rings (SSSR count). The van der Waals surface area contributed by atoms with E-state index in [1.54, 1.807) is 16.9 Å². The Balaban J connectivity index is 1.21. The number of anilines is 2. The number of carbonyl (C=O) groups is 1. The highest BCUT2D eigenvalue weighted by Gasteiger charge is 2.48. The Morgan fingerprint density at radius 1 is 0.935 bits per heavy atom. The predicted octanol–water partition coefficient (Wildman–Crippen LogP) is 4.33. The highest BCUT2D eigenvalue weighted by Crippen LogP contribution is 2.34. The summed E-state index contributed by atoms with van der Waals surface area (Å²) in [7, 11) is -10.7. The molecule has 16 heteroatoms. The van der Waals surface area contributed by atoms with Crippen LogP contribution in [-0.2, 0) is 24.6 Å². The Labute approximate surface area is 269 Å². The minimum absolute atomic E-state index is 0.0245. The molecule has 0 radical (unpaired) electrons. The van der Waals surface area contributed by atoms with E-state index < -0.39 is 46.8 Å². The summed E-state index contributed by atoms with van der Waals surface area (Å²) in [4.78, 5) is 14.9. The maximum Gasteiger partial charge on any atom is 0.501 e. The van der Waals surface area contributed by atoms with Crippen LogP contribution >= 0.6 is 11.6 Å². The number of sulfone groups is 1. The molecule has 1 saturated heterocycles. The van der Waals surface area contributed by atoms with Crippen molar-refractivity contribution in [3.05, 3.63) is 88.5 Å². The number of sulfonamides is 1. The van der Waals surface area contributed by atoms with E-state index in [1.165, 1.54) is 23.3 Å². The highest BCUT2D eigenvalue weighted by molar-refractivity contribution is 7.92. The SMILES string of the molecule is Nc1ccc(S(=O)(=O)NC(=O)c2ccc(N3CCN(CC4=C(c5ccc(Cl)cc5)CCOC4)CC3)cc2)cc1S(=O)(=O)C(F)(F)F. The quantitative estimate of drug-likeness (QED) is 0.329. The maximum absolute atomic E-state index is 13.0. The molecule has 3 aromatic carbocycles. The first-order valence-electron chi connectivity index (χ1n) is 14.1. The van der Waals surface area contributed by atoms with Crippen molar-refractivity contribution in [2.45, 2.75) is 21.7 Å². The van der Waals surface area contributed by atoms with E-state index in [0.29, 0.717) is 37.4 Å². The molecular weight excluding hydrogens is 669 g/mol. The number of hydrogen-bond donors (Lipinski definition) is 2. The maximum atomic E-state index is 13.0. The van der Waals surface area contributed by atoms with Gasteiger partial charge in [0.05, 0.1) is 23.8 Å². The van der Waals surface area contributed by atoms with E-state index >= 15 is 0 Å². The van der Waals surface area contributed by atoms with Gasteiger partial charge in [-0.05, 0) is 77.7 Å². The van der Waals surface area contributed by atoms with E-state index in [0.717, 1.165) is 43.4 Å². The van der Waals surface area contributed by atoms with Gasteiger partial charge in [-0.1, -0.05) is 23.7 Å². The topological polar surface area (TPSA) is 139 Å². The van der Waals surface area contributed by atoms with Gasteiger partial charge in [-0.3, -0.25) is 9.69 Å². The molecule has 46 heavy (non-hydrogen) atoms. The number of nitrogen functional groups attached to an aromatic ring is 1. The van der Waals surface area contributed by atoms with Crippen molar-refractivity contribution in [1.82, 2.24) is 9.62 Å². The smallest absolute Gasteiger partial charge is 0.398 e. The number of nitrogens with zero attached hydrogens (tertiary/aromatic N) is 2. The molecule has 246 valence electrons. The second-order valence-corrected chi connectivity index (χ2v) is 14.8. The summed E-state index contributed by atoms with van der Waals surface area (Å²) in [5.41, 5.74) is 3.36. The third-order valence-electron chi connectivity index (χ3n) is 7.79. The molecule has 3 N–H and O–H groups in total. The molecule has 2 heterocycles. The Kier molecular flexibility index (Phi) is 9.70. The van der Waals surface area contributed by atoms with Crippen LogP contribution in [0.4, 0.5) is 24.5 Å². The van der Waals surface area contributed by atoms with Crippen LogP contribution in [0, 0.1) is 0 Å². The van der Waals surface area contributed by atoms with Crippen molar-refractivity contribution in [3.8, 4) is 0 Å². The average molecular weight is 699 g/mol. The molecule has 10 nitrogen and oxygen atoms in total. The second-order valence-electron chi connectivity index (χ2n) is 10.8. The normalized spacial score (nSPS) is 16.8. The molecule has 0 aliphatic carbocycles. The van der Waals surface area contributed by atoms with Gasteiger partial charge in [0.1, 0.15) is 4.90 Å². The molecule has 0 unspecified atom stereocenters. The van der Waals surface area contributed by atoms with Gasteiger partial charge in [0.25, 0.3) is 25.8 Å². The third-order valence-corrected chi connectivity index (χ3v) is 10.9. The van der Waals surface area contributed by atoms with E-state index in [-0.39, 0.29) is 11.6 Å². The van der Waals surface area contributed by atoms with Crippen molar-refractivity contribution >= 4 is 54.3 Å². The van der Waals surface area contributed by atoms with Gasteiger partial charge in [-0.15, -0.1) is 0 Å². The van der Waals surface area contributed by atoms with Crippen LogP contribution in [0.15, 0.2) is 82.1 Å². The Bertz CT molecular complexity index is 1860.